The van der Waals surface area contributed by atoms with Crippen molar-refractivity contribution in [1.29, 1.82) is 0 Å². The summed E-state index contributed by atoms with van der Waals surface area (Å²) >= 11 is 1.55. The molecule has 1 saturated heterocycles. The molecule has 25 heavy (non-hydrogen) atoms. The number of imide groups is 1. The van der Waals surface area contributed by atoms with Crippen LogP contribution in [0.15, 0.2) is 29.6 Å². The van der Waals surface area contributed by atoms with E-state index in [9.17, 15) is 14.4 Å². The predicted molar refractivity (Wildman–Crippen MR) is 91.8 cm³/mol. The second-order valence-corrected chi connectivity index (χ2v) is 6.68. The van der Waals surface area contributed by atoms with Crippen LogP contribution >= 0.6 is 11.3 Å². The molecule has 1 aromatic carbocycles. The van der Waals surface area contributed by atoms with Crippen LogP contribution in [0.25, 0.3) is 0 Å². The summed E-state index contributed by atoms with van der Waals surface area (Å²) in [4.78, 5) is 41.0. The number of rotatable bonds is 6. The number of carbonyl (C=O) groups excluding carboxylic acids is 3. The van der Waals surface area contributed by atoms with Gasteiger partial charge in [-0.15, -0.1) is 11.3 Å². The van der Waals surface area contributed by atoms with Crippen molar-refractivity contribution in [3.05, 3.63) is 51.5 Å². The minimum atomic E-state index is -0.425. The van der Waals surface area contributed by atoms with Crippen molar-refractivity contribution in [2.45, 2.75) is 39.3 Å². The molecule has 0 saturated carbocycles. The summed E-state index contributed by atoms with van der Waals surface area (Å²) in [6, 6.07) is 6.74. The molecule has 0 atom stereocenters. The van der Waals surface area contributed by atoms with Gasteiger partial charge in [0.05, 0.1) is 22.8 Å². The van der Waals surface area contributed by atoms with Crippen LogP contribution in [0.1, 0.15) is 46.4 Å². The number of amides is 2. The Bertz CT molecular complexity index is 782. The molecule has 0 unspecified atom stereocenters. The first-order chi connectivity index (χ1) is 12.1. The summed E-state index contributed by atoms with van der Waals surface area (Å²) in [6.07, 6.45) is 1.42. The van der Waals surface area contributed by atoms with Gasteiger partial charge in [-0.1, -0.05) is 19.1 Å². The number of benzene rings is 1. The van der Waals surface area contributed by atoms with E-state index in [1.54, 1.807) is 35.6 Å². The molecule has 2 heterocycles. The molecule has 3 rings (SSSR count). The van der Waals surface area contributed by atoms with Crippen LogP contribution in [0.5, 0.6) is 0 Å². The van der Waals surface area contributed by atoms with Gasteiger partial charge in [0, 0.05) is 18.2 Å². The first-order valence-corrected chi connectivity index (χ1v) is 8.97. The Morgan fingerprint density at radius 3 is 2.48 bits per heavy atom. The summed E-state index contributed by atoms with van der Waals surface area (Å²) in [7, 11) is 0. The normalized spacial score (nSPS) is 14.2. The van der Waals surface area contributed by atoms with Gasteiger partial charge < -0.3 is 4.74 Å². The van der Waals surface area contributed by atoms with E-state index in [0.717, 1.165) is 22.7 Å². The van der Waals surface area contributed by atoms with Crippen molar-refractivity contribution in [2.24, 2.45) is 0 Å². The fourth-order valence-corrected chi connectivity index (χ4v) is 3.26. The SMILES string of the molecule is CCc1nc(COC(=O)c2ccc(CN3C(=O)CCC3=O)cc2)cs1. The predicted octanol–water partition coefficient (Wildman–Crippen LogP) is 2.71. The topological polar surface area (TPSA) is 76.6 Å². The monoisotopic (exact) mass is 358 g/mol. The van der Waals surface area contributed by atoms with Crippen LogP contribution in [-0.2, 0) is 33.9 Å². The molecule has 0 bridgehead atoms. The van der Waals surface area contributed by atoms with E-state index in [-0.39, 0.29) is 37.8 Å². The average Bonchev–Trinajstić information content (AvgIpc) is 3.22. The Kier molecular flexibility index (Phi) is 5.23. The largest absolute Gasteiger partial charge is 0.456 e. The highest BCUT2D eigenvalue weighted by Gasteiger charge is 2.28. The fraction of sp³-hybridized carbons (Fsp3) is 0.333. The fourth-order valence-electron chi connectivity index (χ4n) is 2.53. The maximum atomic E-state index is 12.1. The quantitative estimate of drug-likeness (QED) is 0.586. The standard InChI is InChI=1S/C18H18N2O4S/c1-2-15-19-14(11-25-15)10-24-18(23)13-5-3-12(4-6-13)9-20-16(21)7-8-17(20)22/h3-6,11H,2,7-10H2,1H3. The molecule has 2 aromatic rings. The number of likely N-dealkylation sites (tertiary alicyclic amines) is 1. The van der Waals surface area contributed by atoms with Gasteiger partial charge in [0.2, 0.25) is 11.8 Å². The van der Waals surface area contributed by atoms with E-state index < -0.39 is 5.97 Å². The Morgan fingerprint density at radius 2 is 1.88 bits per heavy atom. The molecule has 0 N–H and O–H groups in total. The van der Waals surface area contributed by atoms with Crippen LogP contribution in [-0.4, -0.2) is 27.7 Å². The molecule has 6 nitrogen and oxygen atoms in total. The summed E-state index contributed by atoms with van der Waals surface area (Å²) in [5.41, 5.74) is 1.97. The summed E-state index contributed by atoms with van der Waals surface area (Å²) in [5.74, 6) is -0.725. The van der Waals surface area contributed by atoms with E-state index in [4.69, 9.17) is 4.74 Å². The van der Waals surface area contributed by atoms with Crippen LogP contribution in [0.3, 0.4) is 0 Å². The zero-order valence-electron chi connectivity index (χ0n) is 13.9. The number of esters is 1. The van der Waals surface area contributed by atoms with Crippen molar-refractivity contribution in [1.82, 2.24) is 9.88 Å². The Balaban J connectivity index is 1.56. The number of ether oxygens (including phenoxy) is 1. The lowest BCUT2D eigenvalue weighted by Gasteiger charge is -2.13. The number of hydrogen-bond donors (Lipinski definition) is 0. The number of carbonyl (C=O) groups is 3. The highest BCUT2D eigenvalue weighted by molar-refractivity contribution is 7.09. The first-order valence-electron chi connectivity index (χ1n) is 8.09. The molecule has 1 aliphatic heterocycles. The molecule has 0 radical (unpaired) electrons. The van der Waals surface area contributed by atoms with Crippen molar-refractivity contribution < 1.29 is 19.1 Å². The third-order valence-electron chi connectivity index (χ3n) is 3.94. The smallest absolute Gasteiger partial charge is 0.338 e. The van der Waals surface area contributed by atoms with Crippen LogP contribution in [0.2, 0.25) is 0 Å². The third-order valence-corrected chi connectivity index (χ3v) is 4.98. The van der Waals surface area contributed by atoms with Crippen molar-refractivity contribution in [3.8, 4) is 0 Å². The van der Waals surface area contributed by atoms with Crippen LogP contribution in [0, 0.1) is 0 Å². The first kappa shape index (κ1) is 17.3. The zero-order chi connectivity index (χ0) is 17.8. The molecule has 2 amide bonds. The molecule has 1 fully saturated rings. The second-order valence-electron chi connectivity index (χ2n) is 5.73. The van der Waals surface area contributed by atoms with Gasteiger partial charge in [-0.3, -0.25) is 14.5 Å². The maximum absolute atomic E-state index is 12.1. The average molecular weight is 358 g/mol. The lowest BCUT2D eigenvalue weighted by Crippen LogP contribution is -2.28. The molecule has 130 valence electrons. The minimum absolute atomic E-state index is 0.147. The lowest BCUT2D eigenvalue weighted by molar-refractivity contribution is -0.139. The van der Waals surface area contributed by atoms with Crippen molar-refractivity contribution in [2.75, 3.05) is 0 Å². The Morgan fingerprint density at radius 1 is 1.20 bits per heavy atom. The minimum Gasteiger partial charge on any atom is -0.456 e. The van der Waals surface area contributed by atoms with Gasteiger partial charge in [-0.05, 0) is 24.1 Å². The number of nitrogens with zero attached hydrogens (tertiary/aromatic N) is 2. The second kappa shape index (κ2) is 7.57. The number of aryl methyl sites for hydroxylation is 1. The van der Waals surface area contributed by atoms with Gasteiger partial charge in [0.25, 0.3) is 0 Å². The van der Waals surface area contributed by atoms with Gasteiger partial charge in [0.1, 0.15) is 6.61 Å². The van der Waals surface area contributed by atoms with E-state index in [0.29, 0.717) is 5.56 Å². The van der Waals surface area contributed by atoms with Gasteiger partial charge in [-0.2, -0.15) is 0 Å². The van der Waals surface area contributed by atoms with E-state index in [2.05, 4.69) is 4.98 Å². The van der Waals surface area contributed by atoms with Crippen molar-refractivity contribution >= 4 is 29.1 Å². The highest BCUT2D eigenvalue weighted by Crippen LogP contribution is 2.17. The van der Waals surface area contributed by atoms with E-state index in [1.165, 1.54) is 4.90 Å². The van der Waals surface area contributed by atoms with Crippen LogP contribution in [0.4, 0.5) is 0 Å². The molecule has 7 heteroatoms. The highest BCUT2D eigenvalue weighted by atomic mass is 32.1. The molecule has 1 aromatic heterocycles. The molecule has 1 aliphatic rings. The number of hydrogen-bond acceptors (Lipinski definition) is 6. The molecular formula is C18H18N2O4S. The van der Waals surface area contributed by atoms with E-state index >= 15 is 0 Å². The third kappa shape index (κ3) is 4.11. The lowest BCUT2D eigenvalue weighted by atomic mass is 10.1. The van der Waals surface area contributed by atoms with Crippen LogP contribution < -0.4 is 0 Å². The molecule has 0 aliphatic carbocycles. The summed E-state index contributed by atoms with van der Waals surface area (Å²) in [6.45, 7) is 2.42. The molecule has 0 spiro atoms. The van der Waals surface area contributed by atoms with Gasteiger partial charge >= 0.3 is 5.97 Å². The maximum Gasteiger partial charge on any atom is 0.338 e. The zero-order valence-corrected chi connectivity index (χ0v) is 14.7. The molecular weight excluding hydrogens is 340 g/mol. The number of aromatic nitrogens is 1. The van der Waals surface area contributed by atoms with E-state index in [1.807, 2.05) is 12.3 Å². The number of thiazole rings is 1. The summed E-state index contributed by atoms with van der Waals surface area (Å²) in [5, 5.41) is 2.90. The Hall–Kier alpha value is -2.54. The van der Waals surface area contributed by atoms with Gasteiger partial charge in [-0.25, -0.2) is 9.78 Å². The summed E-state index contributed by atoms with van der Waals surface area (Å²) < 4.78 is 5.27. The Labute approximate surface area is 149 Å². The van der Waals surface area contributed by atoms with Crippen molar-refractivity contribution in [3.63, 3.8) is 0 Å². The van der Waals surface area contributed by atoms with Gasteiger partial charge in [0.15, 0.2) is 0 Å².